The van der Waals surface area contributed by atoms with Gasteiger partial charge in [-0.05, 0) is 37.6 Å². The van der Waals surface area contributed by atoms with Crippen molar-refractivity contribution in [1.29, 1.82) is 0 Å². The van der Waals surface area contributed by atoms with Gasteiger partial charge in [0.05, 0.1) is 5.69 Å². The zero-order valence-electron chi connectivity index (χ0n) is 9.88. The smallest absolute Gasteiger partial charge is 0.153 e. The highest BCUT2D eigenvalue weighted by atomic mass is 15.2. The Kier molecular flexibility index (Phi) is 2.18. The first-order chi connectivity index (χ1) is 8.24. The molecule has 0 N–H and O–H groups in total. The van der Waals surface area contributed by atoms with E-state index < -0.39 is 0 Å². The molecule has 3 heteroatoms. The van der Waals surface area contributed by atoms with Gasteiger partial charge in [-0.25, -0.2) is 9.50 Å². The Hall–Kier alpha value is -2.16. The molecular weight excluding hydrogens is 210 g/mol. The molecule has 0 spiro atoms. The van der Waals surface area contributed by atoms with Crippen molar-refractivity contribution in [2.45, 2.75) is 13.8 Å². The molecule has 0 aliphatic carbocycles. The molecule has 0 amide bonds. The average molecular weight is 223 g/mol. The van der Waals surface area contributed by atoms with E-state index >= 15 is 0 Å². The molecule has 0 atom stereocenters. The number of hydrogen-bond donors (Lipinski definition) is 0. The molecule has 84 valence electrons. The van der Waals surface area contributed by atoms with Gasteiger partial charge in [0.1, 0.15) is 0 Å². The topological polar surface area (TPSA) is 30.2 Å². The maximum atomic E-state index is 4.56. The number of benzene rings is 1. The third-order valence-corrected chi connectivity index (χ3v) is 2.92. The van der Waals surface area contributed by atoms with Crippen molar-refractivity contribution in [2.75, 3.05) is 0 Å². The van der Waals surface area contributed by atoms with Gasteiger partial charge < -0.3 is 0 Å². The Labute approximate surface area is 99.7 Å². The normalized spacial score (nSPS) is 10.9. The van der Waals surface area contributed by atoms with Gasteiger partial charge in [-0.3, -0.25) is 0 Å². The van der Waals surface area contributed by atoms with Crippen LogP contribution in [0.1, 0.15) is 11.1 Å². The van der Waals surface area contributed by atoms with E-state index in [1.165, 1.54) is 16.7 Å². The number of hydrogen-bond acceptors (Lipinski definition) is 2. The second-order valence-corrected chi connectivity index (χ2v) is 4.27. The summed E-state index contributed by atoms with van der Waals surface area (Å²) >= 11 is 0. The second kappa shape index (κ2) is 3.70. The molecule has 0 radical (unpaired) electrons. The highest BCUT2D eigenvalue weighted by Crippen LogP contribution is 2.22. The molecule has 0 saturated carbocycles. The summed E-state index contributed by atoms with van der Waals surface area (Å²) in [7, 11) is 0. The Morgan fingerprint density at radius 1 is 1.06 bits per heavy atom. The first-order valence-electron chi connectivity index (χ1n) is 5.62. The predicted molar refractivity (Wildman–Crippen MR) is 67.9 cm³/mol. The molecule has 2 heterocycles. The summed E-state index contributed by atoms with van der Waals surface area (Å²) in [5, 5.41) is 4.56. The third-order valence-electron chi connectivity index (χ3n) is 2.92. The minimum atomic E-state index is 0.874. The van der Waals surface area contributed by atoms with Crippen LogP contribution in [0.4, 0.5) is 0 Å². The third kappa shape index (κ3) is 1.69. The van der Waals surface area contributed by atoms with Crippen molar-refractivity contribution >= 4 is 5.65 Å². The van der Waals surface area contributed by atoms with Gasteiger partial charge in [-0.2, -0.15) is 5.10 Å². The van der Waals surface area contributed by atoms with E-state index in [-0.39, 0.29) is 0 Å². The number of nitrogens with zero attached hydrogens (tertiary/aromatic N) is 3. The zero-order chi connectivity index (χ0) is 11.8. The van der Waals surface area contributed by atoms with E-state index in [2.05, 4.69) is 42.1 Å². The van der Waals surface area contributed by atoms with Crippen LogP contribution in [0.25, 0.3) is 16.9 Å². The summed E-state index contributed by atoms with van der Waals surface area (Å²) in [4.78, 5) is 4.19. The van der Waals surface area contributed by atoms with Crippen molar-refractivity contribution in [2.24, 2.45) is 0 Å². The fourth-order valence-electron chi connectivity index (χ4n) is 1.97. The van der Waals surface area contributed by atoms with Crippen LogP contribution in [0.15, 0.2) is 42.7 Å². The molecule has 0 fully saturated rings. The van der Waals surface area contributed by atoms with Gasteiger partial charge in [-0.1, -0.05) is 17.7 Å². The zero-order valence-corrected chi connectivity index (χ0v) is 9.88. The van der Waals surface area contributed by atoms with Crippen LogP contribution in [-0.2, 0) is 0 Å². The predicted octanol–water partition coefficient (Wildman–Crippen LogP) is 3.01. The van der Waals surface area contributed by atoms with E-state index in [4.69, 9.17) is 0 Å². The fourth-order valence-corrected chi connectivity index (χ4v) is 1.97. The lowest BCUT2D eigenvalue weighted by molar-refractivity contribution is 0.941. The monoisotopic (exact) mass is 223 g/mol. The number of fused-ring (bicyclic) bond motifs is 1. The van der Waals surface area contributed by atoms with Gasteiger partial charge >= 0.3 is 0 Å². The summed E-state index contributed by atoms with van der Waals surface area (Å²) in [5.74, 6) is 0. The Morgan fingerprint density at radius 2 is 1.94 bits per heavy atom. The molecule has 1 aromatic carbocycles. The average Bonchev–Trinajstić information content (AvgIpc) is 2.79. The molecule has 3 rings (SSSR count). The molecule has 0 aliphatic heterocycles. The quantitative estimate of drug-likeness (QED) is 0.634. The standard InChI is InChI=1S/C14H13N3/c1-10-3-4-11(2)12(9-10)13-5-6-14-15-7-8-17(14)16-13/h3-9H,1-2H3. The van der Waals surface area contributed by atoms with Gasteiger partial charge in [-0.15, -0.1) is 0 Å². The van der Waals surface area contributed by atoms with E-state index in [1.54, 1.807) is 10.7 Å². The van der Waals surface area contributed by atoms with Crippen LogP contribution in [-0.4, -0.2) is 14.6 Å². The Morgan fingerprint density at radius 3 is 2.82 bits per heavy atom. The van der Waals surface area contributed by atoms with Gasteiger partial charge in [0.2, 0.25) is 0 Å². The first-order valence-corrected chi connectivity index (χ1v) is 5.62. The lowest BCUT2D eigenvalue weighted by atomic mass is 10.0. The number of imidazole rings is 1. The van der Waals surface area contributed by atoms with Crippen molar-refractivity contribution in [3.05, 3.63) is 53.9 Å². The van der Waals surface area contributed by atoms with E-state index in [1.807, 2.05) is 18.3 Å². The van der Waals surface area contributed by atoms with Gasteiger partial charge in [0, 0.05) is 18.0 Å². The molecule has 3 nitrogen and oxygen atoms in total. The second-order valence-electron chi connectivity index (χ2n) is 4.27. The first kappa shape index (κ1) is 10.0. The van der Waals surface area contributed by atoms with E-state index in [0.29, 0.717) is 0 Å². The molecule has 0 bridgehead atoms. The van der Waals surface area contributed by atoms with Crippen LogP contribution < -0.4 is 0 Å². The lowest BCUT2D eigenvalue weighted by Crippen LogP contribution is -1.94. The van der Waals surface area contributed by atoms with Crippen LogP contribution in [0.3, 0.4) is 0 Å². The maximum Gasteiger partial charge on any atom is 0.153 e. The highest BCUT2D eigenvalue weighted by Gasteiger charge is 2.05. The van der Waals surface area contributed by atoms with Crippen LogP contribution in [0, 0.1) is 13.8 Å². The van der Waals surface area contributed by atoms with E-state index in [9.17, 15) is 0 Å². The lowest BCUT2D eigenvalue weighted by Gasteiger charge is -2.06. The number of aryl methyl sites for hydroxylation is 2. The minimum Gasteiger partial charge on any atom is -0.236 e. The van der Waals surface area contributed by atoms with Crippen molar-refractivity contribution in [1.82, 2.24) is 14.6 Å². The van der Waals surface area contributed by atoms with Crippen molar-refractivity contribution in [3.63, 3.8) is 0 Å². The summed E-state index contributed by atoms with van der Waals surface area (Å²) in [6, 6.07) is 10.4. The number of rotatable bonds is 1. The van der Waals surface area contributed by atoms with Gasteiger partial charge in [0.25, 0.3) is 0 Å². The van der Waals surface area contributed by atoms with Gasteiger partial charge in [0.15, 0.2) is 5.65 Å². The molecule has 0 saturated heterocycles. The SMILES string of the molecule is Cc1ccc(C)c(-c2ccc3nccn3n2)c1. The molecule has 2 aromatic heterocycles. The molecular formula is C14H13N3. The Bertz CT molecular complexity index is 683. The van der Waals surface area contributed by atoms with Crippen LogP contribution >= 0.6 is 0 Å². The molecule has 17 heavy (non-hydrogen) atoms. The maximum absolute atomic E-state index is 4.56. The summed E-state index contributed by atoms with van der Waals surface area (Å²) in [6.07, 6.45) is 3.62. The van der Waals surface area contributed by atoms with Crippen LogP contribution in [0.5, 0.6) is 0 Å². The van der Waals surface area contributed by atoms with Crippen molar-refractivity contribution in [3.8, 4) is 11.3 Å². The Balaban J connectivity index is 2.22. The fraction of sp³-hybridized carbons (Fsp3) is 0.143. The molecule has 0 aliphatic rings. The highest BCUT2D eigenvalue weighted by molar-refractivity contribution is 5.65. The van der Waals surface area contributed by atoms with Crippen LogP contribution in [0.2, 0.25) is 0 Å². The van der Waals surface area contributed by atoms with Crippen molar-refractivity contribution < 1.29 is 0 Å². The molecule has 3 aromatic rings. The summed E-state index contributed by atoms with van der Waals surface area (Å²) in [6.45, 7) is 4.20. The minimum absolute atomic E-state index is 0.874. The summed E-state index contributed by atoms with van der Waals surface area (Å²) < 4.78 is 1.80. The largest absolute Gasteiger partial charge is 0.236 e. The number of aromatic nitrogens is 3. The van der Waals surface area contributed by atoms with E-state index in [0.717, 1.165) is 11.3 Å². The molecule has 0 unspecified atom stereocenters. The summed E-state index contributed by atoms with van der Waals surface area (Å²) in [5.41, 5.74) is 5.53.